The second-order valence-electron chi connectivity index (χ2n) is 6.25. The van der Waals surface area contributed by atoms with Crippen molar-refractivity contribution in [2.45, 2.75) is 13.2 Å². The third kappa shape index (κ3) is 2.71. The monoisotopic (exact) mass is 343 g/mol. The Morgan fingerprint density at radius 3 is 2.81 bits per heavy atom. The molecule has 128 valence electrons. The SMILES string of the molecule is c1ccc(-c2cc3n(n2)Cc2ccc(Nc4ccn[nH]4)cc2OC3)cc1. The fourth-order valence-corrected chi connectivity index (χ4v) is 3.15. The third-order valence-electron chi connectivity index (χ3n) is 4.48. The molecule has 2 N–H and O–H groups in total. The molecule has 0 saturated carbocycles. The molecule has 0 saturated heterocycles. The average molecular weight is 343 g/mol. The number of benzene rings is 2. The number of H-pyrrole nitrogens is 1. The van der Waals surface area contributed by atoms with Gasteiger partial charge in [0.05, 0.1) is 24.1 Å². The van der Waals surface area contributed by atoms with Crippen LogP contribution in [0.1, 0.15) is 11.3 Å². The van der Waals surface area contributed by atoms with Crippen molar-refractivity contribution in [3.8, 4) is 17.0 Å². The first-order valence-electron chi connectivity index (χ1n) is 8.49. The van der Waals surface area contributed by atoms with Crippen molar-refractivity contribution < 1.29 is 4.74 Å². The molecule has 0 unspecified atom stereocenters. The Labute approximate surface area is 150 Å². The standard InChI is InChI=1S/C20H17N5O/c1-2-4-14(5-3-1)18-11-17-13-26-19-10-16(22-20-8-9-21-23-20)7-6-15(19)12-25(17)24-18/h1-11H,12-13H2,(H2,21,22,23). The highest BCUT2D eigenvalue weighted by atomic mass is 16.5. The van der Waals surface area contributed by atoms with Crippen molar-refractivity contribution in [2.75, 3.05) is 5.32 Å². The van der Waals surface area contributed by atoms with E-state index in [2.05, 4.69) is 39.8 Å². The minimum Gasteiger partial charge on any atom is -0.487 e. The summed E-state index contributed by atoms with van der Waals surface area (Å²) in [7, 11) is 0. The Hall–Kier alpha value is -3.54. The third-order valence-corrected chi connectivity index (χ3v) is 4.48. The number of aromatic nitrogens is 4. The van der Waals surface area contributed by atoms with Crippen molar-refractivity contribution in [1.82, 2.24) is 20.0 Å². The van der Waals surface area contributed by atoms with Gasteiger partial charge in [-0.05, 0) is 12.1 Å². The number of ether oxygens (including phenoxy) is 1. The Balaban J connectivity index is 1.43. The normalized spacial score (nSPS) is 12.6. The molecule has 0 bridgehead atoms. The average Bonchev–Trinajstić information content (AvgIpc) is 3.29. The fourth-order valence-electron chi connectivity index (χ4n) is 3.15. The molecule has 26 heavy (non-hydrogen) atoms. The molecule has 0 aliphatic carbocycles. The highest BCUT2D eigenvalue weighted by Gasteiger charge is 2.17. The largest absolute Gasteiger partial charge is 0.487 e. The second-order valence-corrected chi connectivity index (χ2v) is 6.25. The van der Waals surface area contributed by atoms with E-state index in [0.29, 0.717) is 13.2 Å². The van der Waals surface area contributed by atoms with Crippen LogP contribution in [0.3, 0.4) is 0 Å². The highest BCUT2D eigenvalue weighted by molar-refractivity contribution is 5.61. The van der Waals surface area contributed by atoms with Crippen LogP contribution in [0, 0.1) is 0 Å². The number of hydrogen-bond acceptors (Lipinski definition) is 4. The number of rotatable bonds is 3. The molecule has 0 atom stereocenters. The van der Waals surface area contributed by atoms with Crippen LogP contribution in [-0.2, 0) is 13.2 Å². The van der Waals surface area contributed by atoms with Gasteiger partial charge in [-0.15, -0.1) is 0 Å². The van der Waals surface area contributed by atoms with E-state index in [1.54, 1.807) is 6.20 Å². The van der Waals surface area contributed by atoms with E-state index in [0.717, 1.165) is 39.8 Å². The van der Waals surface area contributed by atoms with Crippen LogP contribution < -0.4 is 10.1 Å². The van der Waals surface area contributed by atoms with Crippen molar-refractivity contribution in [1.29, 1.82) is 0 Å². The molecule has 5 rings (SSSR count). The van der Waals surface area contributed by atoms with Gasteiger partial charge in [0, 0.05) is 28.9 Å². The lowest BCUT2D eigenvalue weighted by molar-refractivity contribution is 0.302. The lowest BCUT2D eigenvalue weighted by Crippen LogP contribution is -2.03. The first-order chi connectivity index (χ1) is 12.8. The van der Waals surface area contributed by atoms with Crippen LogP contribution in [-0.4, -0.2) is 20.0 Å². The van der Waals surface area contributed by atoms with E-state index in [9.17, 15) is 0 Å². The zero-order valence-corrected chi connectivity index (χ0v) is 14.0. The zero-order chi connectivity index (χ0) is 17.3. The van der Waals surface area contributed by atoms with Gasteiger partial charge in [0.25, 0.3) is 0 Å². The maximum Gasteiger partial charge on any atom is 0.130 e. The van der Waals surface area contributed by atoms with Gasteiger partial charge >= 0.3 is 0 Å². The zero-order valence-electron chi connectivity index (χ0n) is 14.0. The summed E-state index contributed by atoms with van der Waals surface area (Å²) in [5.74, 6) is 1.72. The Morgan fingerprint density at radius 2 is 1.96 bits per heavy atom. The van der Waals surface area contributed by atoms with Gasteiger partial charge < -0.3 is 10.1 Å². The van der Waals surface area contributed by atoms with E-state index < -0.39 is 0 Å². The summed E-state index contributed by atoms with van der Waals surface area (Å²) in [6.45, 7) is 1.20. The molecule has 6 heteroatoms. The van der Waals surface area contributed by atoms with Gasteiger partial charge in [0.1, 0.15) is 18.2 Å². The maximum atomic E-state index is 6.06. The number of hydrogen-bond donors (Lipinski definition) is 2. The molecule has 1 aliphatic heterocycles. The predicted octanol–water partition coefficient (Wildman–Crippen LogP) is 3.96. The highest BCUT2D eigenvalue weighted by Crippen LogP contribution is 2.30. The summed E-state index contributed by atoms with van der Waals surface area (Å²) >= 11 is 0. The van der Waals surface area contributed by atoms with Crippen LogP contribution >= 0.6 is 0 Å². The first kappa shape index (κ1) is 14.8. The number of anilines is 2. The van der Waals surface area contributed by atoms with Crippen LogP contribution in [0.5, 0.6) is 5.75 Å². The van der Waals surface area contributed by atoms with Gasteiger partial charge in [-0.25, -0.2) is 0 Å². The van der Waals surface area contributed by atoms with Gasteiger partial charge in [0.15, 0.2) is 0 Å². The molecule has 6 nitrogen and oxygen atoms in total. The smallest absolute Gasteiger partial charge is 0.130 e. The number of nitrogens with zero attached hydrogens (tertiary/aromatic N) is 3. The van der Waals surface area contributed by atoms with Gasteiger partial charge in [-0.1, -0.05) is 36.4 Å². The van der Waals surface area contributed by atoms with Crippen LogP contribution in [0.25, 0.3) is 11.3 Å². The molecule has 2 aromatic heterocycles. The lowest BCUT2D eigenvalue weighted by atomic mass is 10.1. The molecule has 0 fully saturated rings. The molecule has 1 aliphatic rings. The molecule has 3 heterocycles. The second kappa shape index (κ2) is 6.07. The number of nitrogens with one attached hydrogen (secondary N) is 2. The summed E-state index contributed by atoms with van der Waals surface area (Å²) in [6, 6.07) is 20.3. The topological polar surface area (TPSA) is 67.8 Å². The predicted molar refractivity (Wildman–Crippen MR) is 99.4 cm³/mol. The Kier molecular flexibility index (Phi) is 3.45. The van der Waals surface area contributed by atoms with Crippen LogP contribution in [0.15, 0.2) is 66.9 Å². The van der Waals surface area contributed by atoms with Gasteiger partial charge in [-0.3, -0.25) is 9.78 Å². The van der Waals surface area contributed by atoms with Crippen molar-refractivity contribution in [3.63, 3.8) is 0 Å². The minimum absolute atomic E-state index is 0.500. The molecular weight excluding hydrogens is 326 g/mol. The van der Waals surface area contributed by atoms with Crippen molar-refractivity contribution in [3.05, 3.63) is 78.1 Å². The van der Waals surface area contributed by atoms with E-state index in [1.165, 1.54) is 0 Å². The molecule has 0 spiro atoms. The van der Waals surface area contributed by atoms with Crippen molar-refractivity contribution >= 4 is 11.5 Å². The summed E-state index contributed by atoms with van der Waals surface area (Å²) in [6.07, 6.45) is 1.71. The van der Waals surface area contributed by atoms with Crippen LogP contribution in [0.4, 0.5) is 11.5 Å². The van der Waals surface area contributed by atoms with E-state index >= 15 is 0 Å². The van der Waals surface area contributed by atoms with Gasteiger partial charge in [-0.2, -0.15) is 10.2 Å². The summed E-state index contributed by atoms with van der Waals surface area (Å²) < 4.78 is 8.08. The van der Waals surface area contributed by atoms with Crippen molar-refractivity contribution in [2.24, 2.45) is 0 Å². The Morgan fingerprint density at radius 1 is 1.04 bits per heavy atom. The summed E-state index contributed by atoms with van der Waals surface area (Å²) in [4.78, 5) is 0. The van der Waals surface area contributed by atoms with Crippen LogP contribution in [0.2, 0.25) is 0 Å². The summed E-state index contributed by atoms with van der Waals surface area (Å²) in [5.41, 5.74) is 5.24. The fraction of sp³-hybridized carbons (Fsp3) is 0.100. The minimum atomic E-state index is 0.500. The molecule has 0 radical (unpaired) electrons. The Bertz CT molecular complexity index is 1040. The number of fused-ring (bicyclic) bond motifs is 2. The molecule has 0 amide bonds. The van der Waals surface area contributed by atoms with E-state index in [4.69, 9.17) is 9.84 Å². The molecule has 4 aromatic rings. The quantitative estimate of drug-likeness (QED) is 0.591. The van der Waals surface area contributed by atoms with Gasteiger partial charge in [0.2, 0.25) is 0 Å². The maximum absolute atomic E-state index is 6.06. The van der Waals surface area contributed by atoms with E-state index in [-0.39, 0.29) is 0 Å². The lowest BCUT2D eigenvalue weighted by Gasteiger charge is -2.10. The van der Waals surface area contributed by atoms with E-state index in [1.807, 2.05) is 41.1 Å². The number of aromatic amines is 1. The molecular formula is C20H17N5O. The first-order valence-corrected chi connectivity index (χ1v) is 8.49. The summed E-state index contributed by atoms with van der Waals surface area (Å²) in [5, 5.41) is 14.9. The molecule has 2 aromatic carbocycles.